The highest BCUT2D eigenvalue weighted by Crippen LogP contribution is 2.34. The molecule has 0 aromatic heterocycles. The summed E-state index contributed by atoms with van der Waals surface area (Å²) < 4.78 is 53.6. The molecule has 1 N–H and O–H groups in total. The van der Waals surface area contributed by atoms with E-state index in [2.05, 4.69) is 5.32 Å². The number of carbonyl (C=O) groups excluding carboxylic acids is 2. The normalized spacial score (nSPS) is 16.4. The summed E-state index contributed by atoms with van der Waals surface area (Å²) in [6, 6.07) is 7.96. The summed E-state index contributed by atoms with van der Waals surface area (Å²) in [5, 5.41) is 2.64. The van der Waals surface area contributed by atoms with Crippen molar-refractivity contribution in [1.29, 1.82) is 0 Å². The quantitative estimate of drug-likeness (QED) is 0.809. The molecule has 0 spiro atoms. The van der Waals surface area contributed by atoms with Gasteiger partial charge in [-0.3, -0.25) is 9.69 Å². The second-order valence-electron chi connectivity index (χ2n) is 6.18. The zero-order valence-electron chi connectivity index (χ0n) is 15.4. The van der Waals surface area contributed by atoms with Gasteiger partial charge in [-0.1, -0.05) is 0 Å². The standard InChI is InChI=1S/C19H17F3N2O5/c1-24-15(10-28-18(24)26)17(25)23-14-9-13(7-8-16(14)27-2)29-12-5-3-11(4-6-12)19(20,21)22/h3-9,15H,10H2,1-2H3,(H,23,25)/t15-/m0/s1. The molecule has 0 unspecified atom stereocenters. The summed E-state index contributed by atoms with van der Waals surface area (Å²) in [6.07, 6.45) is -5.04. The molecular formula is C19H17F3N2O5. The first-order chi connectivity index (χ1) is 13.7. The molecule has 1 atom stereocenters. The Morgan fingerprint density at radius 3 is 2.38 bits per heavy atom. The minimum Gasteiger partial charge on any atom is -0.495 e. The molecule has 1 saturated heterocycles. The third kappa shape index (κ3) is 4.53. The summed E-state index contributed by atoms with van der Waals surface area (Å²) in [7, 11) is 2.86. The zero-order chi connectivity index (χ0) is 21.2. The van der Waals surface area contributed by atoms with E-state index >= 15 is 0 Å². The molecule has 29 heavy (non-hydrogen) atoms. The number of halogens is 3. The Morgan fingerprint density at radius 1 is 1.17 bits per heavy atom. The third-order valence-corrected chi connectivity index (χ3v) is 4.27. The lowest BCUT2D eigenvalue weighted by atomic mass is 10.2. The lowest BCUT2D eigenvalue weighted by Crippen LogP contribution is -2.40. The Kier molecular flexibility index (Phi) is 5.53. The van der Waals surface area contributed by atoms with E-state index in [0.29, 0.717) is 5.75 Å². The SMILES string of the molecule is COc1ccc(Oc2ccc(C(F)(F)F)cc2)cc1NC(=O)[C@@H]1COC(=O)N1C. The molecule has 0 bridgehead atoms. The number of hydrogen-bond acceptors (Lipinski definition) is 5. The summed E-state index contributed by atoms with van der Waals surface area (Å²) in [4.78, 5) is 25.0. The maximum Gasteiger partial charge on any atom is 0.416 e. The summed E-state index contributed by atoms with van der Waals surface area (Å²) in [5.74, 6) is 0.317. The third-order valence-electron chi connectivity index (χ3n) is 4.27. The average molecular weight is 410 g/mol. The molecule has 2 aromatic rings. The first-order valence-electron chi connectivity index (χ1n) is 8.42. The Bertz CT molecular complexity index is 915. The zero-order valence-corrected chi connectivity index (χ0v) is 15.4. The molecule has 154 valence electrons. The van der Waals surface area contributed by atoms with E-state index < -0.39 is 29.8 Å². The average Bonchev–Trinajstić information content (AvgIpc) is 3.00. The number of rotatable bonds is 5. The molecule has 1 aliphatic heterocycles. The molecule has 1 aliphatic rings. The molecule has 1 fully saturated rings. The summed E-state index contributed by atoms with van der Waals surface area (Å²) in [5.41, 5.74) is -0.514. The molecule has 2 amide bonds. The Labute approximate surface area is 164 Å². The number of methoxy groups -OCH3 is 1. The van der Waals surface area contributed by atoms with Crippen molar-refractivity contribution in [2.75, 3.05) is 26.1 Å². The van der Waals surface area contributed by atoms with E-state index in [0.717, 1.165) is 12.1 Å². The van der Waals surface area contributed by atoms with E-state index in [9.17, 15) is 22.8 Å². The minimum absolute atomic E-state index is 0.0781. The number of hydrogen-bond donors (Lipinski definition) is 1. The van der Waals surface area contributed by atoms with Crippen molar-refractivity contribution in [2.24, 2.45) is 0 Å². The van der Waals surface area contributed by atoms with Crippen molar-refractivity contribution in [3.63, 3.8) is 0 Å². The van der Waals surface area contributed by atoms with Crippen molar-refractivity contribution < 1.29 is 37.0 Å². The van der Waals surface area contributed by atoms with E-state index in [1.807, 2.05) is 0 Å². The van der Waals surface area contributed by atoms with Gasteiger partial charge in [0.15, 0.2) is 0 Å². The summed E-state index contributed by atoms with van der Waals surface area (Å²) >= 11 is 0. The maximum absolute atomic E-state index is 12.7. The predicted molar refractivity (Wildman–Crippen MR) is 96.0 cm³/mol. The van der Waals surface area contributed by atoms with Crippen LogP contribution in [0.2, 0.25) is 0 Å². The van der Waals surface area contributed by atoms with Gasteiger partial charge in [-0.2, -0.15) is 13.2 Å². The van der Waals surface area contributed by atoms with Crippen molar-refractivity contribution >= 4 is 17.7 Å². The first-order valence-corrected chi connectivity index (χ1v) is 8.42. The highest BCUT2D eigenvalue weighted by molar-refractivity contribution is 5.98. The van der Waals surface area contributed by atoms with Crippen LogP contribution in [-0.2, 0) is 15.7 Å². The van der Waals surface area contributed by atoms with Crippen LogP contribution in [0.25, 0.3) is 0 Å². The van der Waals surface area contributed by atoms with E-state index in [1.165, 1.54) is 43.3 Å². The van der Waals surface area contributed by atoms with E-state index in [4.69, 9.17) is 14.2 Å². The number of ether oxygens (including phenoxy) is 3. The van der Waals surface area contributed by atoms with Gasteiger partial charge in [-0.15, -0.1) is 0 Å². The van der Waals surface area contributed by atoms with Crippen LogP contribution >= 0.6 is 0 Å². The number of anilines is 1. The largest absolute Gasteiger partial charge is 0.495 e. The first kappa shape index (κ1) is 20.3. The molecule has 2 aromatic carbocycles. The number of carbonyl (C=O) groups is 2. The van der Waals surface area contributed by atoms with Gasteiger partial charge in [-0.05, 0) is 36.4 Å². The molecule has 0 radical (unpaired) electrons. The lowest BCUT2D eigenvalue weighted by molar-refractivity contribution is -0.137. The second kappa shape index (κ2) is 7.90. The highest BCUT2D eigenvalue weighted by atomic mass is 19.4. The number of nitrogens with one attached hydrogen (secondary N) is 1. The Hall–Kier alpha value is -3.43. The topological polar surface area (TPSA) is 77.1 Å². The van der Waals surface area contributed by atoms with Gasteiger partial charge in [0.25, 0.3) is 5.91 Å². The lowest BCUT2D eigenvalue weighted by Gasteiger charge is -2.17. The van der Waals surface area contributed by atoms with Gasteiger partial charge in [0.05, 0.1) is 18.4 Å². The number of nitrogens with zero attached hydrogens (tertiary/aromatic N) is 1. The molecule has 0 saturated carbocycles. The molecule has 1 heterocycles. The molecule has 3 rings (SSSR count). The molecule has 7 nitrogen and oxygen atoms in total. The molecule has 0 aliphatic carbocycles. The van der Waals surface area contributed by atoms with Gasteiger partial charge >= 0.3 is 12.3 Å². The van der Waals surface area contributed by atoms with Gasteiger partial charge < -0.3 is 19.5 Å². The van der Waals surface area contributed by atoms with Gasteiger partial charge in [0, 0.05) is 13.1 Å². The fourth-order valence-corrected chi connectivity index (χ4v) is 2.65. The van der Waals surface area contributed by atoms with Crippen LogP contribution < -0.4 is 14.8 Å². The van der Waals surface area contributed by atoms with Crippen LogP contribution in [0.3, 0.4) is 0 Å². The number of alkyl halides is 3. The molecule has 10 heteroatoms. The number of benzene rings is 2. The van der Waals surface area contributed by atoms with Crippen molar-refractivity contribution in [2.45, 2.75) is 12.2 Å². The molecular weight excluding hydrogens is 393 g/mol. The highest BCUT2D eigenvalue weighted by Gasteiger charge is 2.35. The summed E-state index contributed by atoms with van der Waals surface area (Å²) in [6.45, 7) is -0.0781. The predicted octanol–water partition coefficient (Wildman–Crippen LogP) is 3.90. The van der Waals surface area contributed by atoms with Crippen LogP contribution in [0.4, 0.5) is 23.7 Å². The van der Waals surface area contributed by atoms with Crippen molar-refractivity contribution in [3.05, 3.63) is 48.0 Å². The fraction of sp³-hybridized carbons (Fsp3) is 0.263. The van der Waals surface area contributed by atoms with E-state index in [-0.39, 0.29) is 23.8 Å². The Morgan fingerprint density at radius 2 is 1.83 bits per heavy atom. The smallest absolute Gasteiger partial charge is 0.416 e. The van der Waals surface area contributed by atoms with Crippen LogP contribution in [0, 0.1) is 0 Å². The van der Waals surface area contributed by atoms with Crippen LogP contribution in [0.15, 0.2) is 42.5 Å². The Balaban J connectivity index is 1.76. The number of amides is 2. The van der Waals surface area contributed by atoms with Gasteiger partial charge in [0.2, 0.25) is 0 Å². The van der Waals surface area contributed by atoms with Crippen LogP contribution in [0.5, 0.6) is 17.2 Å². The van der Waals surface area contributed by atoms with Gasteiger partial charge in [-0.25, -0.2) is 4.79 Å². The second-order valence-corrected chi connectivity index (χ2v) is 6.18. The van der Waals surface area contributed by atoms with Gasteiger partial charge in [0.1, 0.15) is 29.9 Å². The number of cyclic esters (lactones) is 1. The van der Waals surface area contributed by atoms with Crippen molar-refractivity contribution in [3.8, 4) is 17.2 Å². The fourth-order valence-electron chi connectivity index (χ4n) is 2.65. The van der Waals surface area contributed by atoms with Crippen LogP contribution in [-0.4, -0.2) is 43.7 Å². The minimum atomic E-state index is -4.44. The number of likely N-dealkylation sites (N-methyl/N-ethyl adjacent to an activating group) is 1. The monoisotopic (exact) mass is 410 g/mol. The maximum atomic E-state index is 12.7. The van der Waals surface area contributed by atoms with Crippen LogP contribution in [0.1, 0.15) is 5.56 Å². The van der Waals surface area contributed by atoms with Crippen molar-refractivity contribution in [1.82, 2.24) is 4.90 Å². The van der Waals surface area contributed by atoms with E-state index in [1.54, 1.807) is 6.07 Å².